The van der Waals surface area contributed by atoms with Crippen molar-refractivity contribution in [2.24, 2.45) is 17.3 Å². The maximum absolute atomic E-state index is 13.5. The second-order valence-corrected chi connectivity index (χ2v) is 11.8. The molecule has 2 saturated heterocycles. The number of aliphatic hydroxyl groups is 1. The molecule has 2 aliphatic heterocycles. The van der Waals surface area contributed by atoms with Crippen molar-refractivity contribution in [2.45, 2.75) is 77.0 Å². The van der Waals surface area contributed by atoms with Crippen molar-refractivity contribution in [1.82, 2.24) is 10.2 Å². The molecule has 1 saturated carbocycles. The van der Waals surface area contributed by atoms with Gasteiger partial charge in [0.2, 0.25) is 11.8 Å². The molecular weight excluding hydrogens is 440 g/mol. The number of likely N-dealkylation sites (tertiary alicyclic amines) is 1. The van der Waals surface area contributed by atoms with Gasteiger partial charge in [0.15, 0.2) is 0 Å². The van der Waals surface area contributed by atoms with E-state index in [9.17, 15) is 14.7 Å². The lowest BCUT2D eigenvalue weighted by Gasteiger charge is -2.51. The third-order valence-corrected chi connectivity index (χ3v) is 8.28. The Morgan fingerprint density at radius 1 is 1.24 bits per heavy atom. The van der Waals surface area contributed by atoms with Crippen LogP contribution in [-0.2, 0) is 19.9 Å². The lowest BCUT2D eigenvalue weighted by atomic mass is 9.66. The van der Waals surface area contributed by atoms with Crippen molar-refractivity contribution < 1.29 is 19.4 Å². The summed E-state index contributed by atoms with van der Waals surface area (Å²) in [6, 6.07) is 6.72. The van der Waals surface area contributed by atoms with Crippen molar-refractivity contribution in [1.29, 1.82) is 0 Å². The number of hydrogen-bond donors (Lipinski definition) is 2. The Balaban J connectivity index is 1.40. The molecule has 3 fully saturated rings. The Morgan fingerprint density at radius 2 is 1.91 bits per heavy atom. The fraction of sp³-hybridized carbons (Fsp3) is 0.692. The Bertz CT molecular complexity index is 896. The lowest BCUT2D eigenvalue weighted by molar-refractivity contribution is -0.156. The smallest absolute Gasteiger partial charge is 0.245 e. The number of amides is 2. The first-order chi connectivity index (χ1) is 15.4. The summed E-state index contributed by atoms with van der Waals surface area (Å²) in [6.45, 7) is 9.57. The van der Waals surface area contributed by atoms with Crippen LogP contribution >= 0.6 is 11.6 Å². The van der Waals surface area contributed by atoms with Crippen molar-refractivity contribution in [2.75, 3.05) is 19.7 Å². The Kier molecular flexibility index (Phi) is 6.58. The quantitative estimate of drug-likeness (QED) is 0.610. The van der Waals surface area contributed by atoms with Crippen LogP contribution in [0, 0.1) is 17.3 Å². The first kappa shape index (κ1) is 24.5. The average Bonchev–Trinajstić information content (AvgIpc) is 3.39. The highest BCUT2D eigenvalue weighted by Crippen LogP contribution is 2.48. The molecule has 2 heterocycles. The van der Waals surface area contributed by atoms with E-state index in [0.29, 0.717) is 36.9 Å². The highest BCUT2D eigenvalue weighted by atomic mass is 35.5. The lowest BCUT2D eigenvalue weighted by Crippen LogP contribution is -2.60. The number of rotatable bonds is 6. The van der Waals surface area contributed by atoms with Gasteiger partial charge < -0.3 is 20.1 Å². The zero-order valence-electron chi connectivity index (χ0n) is 20.2. The van der Waals surface area contributed by atoms with E-state index < -0.39 is 17.1 Å². The predicted octanol–water partition coefficient (Wildman–Crippen LogP) is 3.89. The molecule has 4 rings (SSSR count). The SMILES string of the molecule is CC(C)[C@@H](NC(=O)CC1CCC2(CO2)C1)C(=O)N1CC[C@](O)(c2ccc(Cl)cc2)C(C)(C)C1. The Labute approximate surface area is 202 Å². The maximum atomic E-state index is 13.5. The minimum atomic E-state index is -1.06. The molecule has 1 aromatic rings. The number of halogens is 1. The number of hydrogen-bond acceptors (Lipinski definition) is 4. The number of ether oxygens (including phenoxy) is 1. The molecule has 2 amide bonds. The number of epoxide rings is 1. The summed E-state index contributed by atoms with van der Waals surface area (Å²) in [5, 5.41) is 15.3. The number of piperidine rings is 1. The van der Waals surface area contributed by atoms with Crippen LogP contribution in [0.4, 0.5) is 0 Å². The standard InChI is InChI=1S/C26H37ClN2O4/c1-17(2)22(28-21(30)13-18-9-10-25(14-18)16-33-25)23(31)29-12-11-26(32,24(3,4)15-29)19-5-7-20(27)8-6-19/h5-8,17-18,22,32H,9-16H2,1-4H3,(H,28,30)/t18?,22-,25?,26+/m1/s1. The van der Waals surface area contributed by atoms with Crippen molar-refractivity contribution in [3.8, 4) is 0 Å². The van der Waals surface area contributed by atoms with Gasteiger partial charge in [-0.1, -0.05) is 51.4 Å². The fourth-order valence-electron chi connectivity index (χ4n) is 5.71. The van der Waals surface area contributed by atoms with E-state index in [1.807, 2.05) is 39.8 Å². The van der Waals surface area contributed by atoms with Crippen LogP contribution < -0.4 is 5.32 Å². The molecule has 2 N–H and O–H groups in total. The third-order valence-electron chi connectivity index (χ3n) is 8.03. The molecule has 0 radical (unpaired) electrons. The van der Waals surface area contributed by atoms with Crippen LogP contribution in [0.15, 0.2) is 24.3 Å². The number of benzene rings is 1. The van der Waals surface area contributed by atoms with Gasteiger partial charge in [-0.05, 0) is 55.2 Å². The monoisotopic (exact) mass is 476 g/mol. The molecule has 1 aliphatic carbocycles. The van der Waals surface area contributed by atoms with E-state index >= 15 is 0 Å². The highest BCUT2D eigenvalue weighted by molar-refractivity contribution is 6.30. The Morgan fingerprint density at radius 3 is 2.45 bits per heavy atom. The highest BCUT2D eigenvalue weighted by Gasteiger charge is 2.51. The summed E-state index contributed by atoms with van der Waals surface area (Å²) in [5.41, 5.74) is -0.762. The molecule has 3 aliphatic rings. The van der Waals surface area contributed by atoms with Gasteiger partial charge in [-0.2, -0.15) is 0 Å². The van der Waals surface area contributed by atoms with Crippen LogP contribution in [-0.4, -0.2) is 53.2 Å². The molecule has 1 spiro atoms. The van der Waals surface area contributed by atoms with Crippen LogP contribution in [0.2, 0.25) is 5.02 Å². The second-order valence-electron chi connectivity index (χ2n) is 11.3. The molecule has 4 atom stereocenters. The summed E-state index contributed by atoms with van der Waals surface area (Å²) in [5.74, 6) is 0.179. The van der Waals surface area contributed by atoms with Crippen LogP contribution in [0.1, 0.15) is 65.4 Å². The molecule has 0 bridgehead atoms. The second kappa shape index (κ2) is 8.86. The molecule has 7 heteroatoms. The fourth-order valence-corrected chi connectivity index (χ4v) is 5.84. The van der Waals surface area contributed by atoms with Crippen LogP contribution in [0.3, 0.4) is 0 Å². The number of carbonyl (C=O) groups is 2. The molecule has 1 aromatic carbocycles. The van der Waals surface area contributed by atoms with Crippen LogP contribution in [0.5, 0.6) is 0 Å². The normalized spacial score (nSPS) is 31.6. The van der Waals surface area contributed by atoms with Gasteiger partial charge in [-0.3, -0.25) is 9.59 Å². The van der Waals surface area contributed by atoms with E-state index in [4.69, 9.17) is 16.3 Å². The van der Waals surface area contributed by atoms with Gasteiger partial charge in [-0.15, -0.1) is 0 Å². The summed E-state index contributed by atoms with van der Waals surface area (Å²) in [4.78, 5) is 28.1. The minimum absolute atomic E-state index is 0.0247. The summed E-state index contributed by atoms with van der Waals surface area (Å²) in [6.07, 6.45) is 3.87. The molecule has 0 aromatic heterocycles. The minimum Gasteiger partial charge on any atom is -0.384 e. The van der Waals surface area contributed by atoms with Gasteiger partial charge in [-0.25, -0.2) is 0 Å². The largest absolute Gasteiger partial charge is 0.384 e. The van der Waals surface area contributed by atoms with E-state index in [0.717, 1.165) is 31.4 Å². The molecule has 182 valence electrons. The van der Waals surface area contributed by atoms with E-state index in [1.165, 1.54) is 0 Å². The van der Waals surface area contributed by atoms with E-state index in [2.05, 4.69) is 5.32 Å². The molecule has 2 unspecified atom stereocenters. The number of carbonyl (C=O) groups excluding carboxylic acids is 2. The molecule has 6 nitrogen and oxygen atoms in total. The molecular formula is C26H37ClN2O4. The third kappa shape index (κ3) is 4.94. The first-order valence-electron chi connectivity index (χ1n) is 12.2. The van der Waals surface area contributed by atoms with Gasteiger partial charge in [0.1, 0.15) is 6.04 Å². The van der Waals surface area contributed by atoms with Crippen molar-refractivity contribution >= 4 is 23.4 Å². The van der Waals surface area contributed by atoms with Gasteiger partial charge >= 0.3 is 0 Å². The summed E-state index contributed by atoms with van der Waals surface area (Å²) >= 11 is 6.03. The zero-order chi connectivity index (χ0) is 24.0. The number of nitrogens with zero attached hydrogens (tertiary/aromatic N) is 1. The zero-order valence-corrected chi connectivity index (χ0v) is 21.0. The van der Waals surface area contributed by atoms with E-state index in [-0.39, 0.29) is 23.3 Å². The van der Waals surface area contributed by atoms with Crippen molar-refractivity contribution in [3.63, 3.8) is 0 Å². The van der Waals surface area contributed by atoms with Gasteiger partial charge in [0, 0.05) is 29.9 Å². The number of nitrogens with one attached hydrogen (secondary N) is 1. The first-order valence-corrected chi connectivity index (χ1v) is 12.5. The maximum Gasteiger partial charge on any atom is 0.245 e. The summed E-state index contributed by atoms with van der Waals surface area (Å²) in [7, 11) is 0. The topological polar surface area (TPSA) is 82.2 Å². The van der Waals surface area contributed by atoms with E-state index in [1.54, 1.807) is 17.0 Å². The van der Waals surface area contributed by atoms with Crippen molar-refractivity contribution in [3.05, 3.63) is 34.9 Å². The predicted molar refractivity (Wildman–Crippen MR) is 128 cm³/mol. The van der Waals surface area contributed by atoms with Gasteiger partial charge in [0.25, 0.3) is 0 Å². The molecule has 33 heavy (non-hydrogen) atoms. The average molecular weight is 477 g/mol. The van der Waals surface area contributed by atoms with Crippen LogP contribution in [0.25, 0.3) is 0 Å². The Hall–Kier alpha value is -1.63. The summed E-state index contributed by atoms with van der Waals surface area (Å²) < 4.78 is 5.56. The van der Waals surface area contributed by atoms with Gasteiger partial charge in [0.05, 0.1) is 17.8 Å².